The normalized spacial score (nSPS) is 13.8. The molecule has 12 nitrogen and oxygen atoms in total. The van der Waals surface area contributed by atoms with Crippen LogP contribution < -0.4 is 18.9 Å². The summed E-state index contributed by atoms with van der Waals surface area (Å²) >= 11 is 5.65. The zero-order valence-corrected chi connectivity index (χ0v) is 33.2. The lowest BCUT2D eigenvalue weighted by molar-refractivity contribution is 0.0957. The first-order valence-electron chi connectivity index (χ1n) is 16.8. The van der Waals surface area contributed by atoms with Crippen molar-refractivity contribution >= 4 is 66.8 Å². The van der Waals surface area contributed by atoms with Crippen LogP contribution >= 0.6 is 45.3 Å². The van der Waals surface area contributed by atoms with Gasteiger partial charge in [0.25, 0.3) is 0 Å². The Labute approximate surface area is 327 Å². The van der Waals surface area contributed by atoms with E-state index in [0.29, 0.717) is 56.2 Å². The fraction of sp³-hybridized carbons (Fsp3) is 0.316. The van der Waals surface area contributed by atoms with E-state index in [1.807, 2.05) is 78.0 Å². The van der Waals surface area contributed by atoms with Crippen molar-refractivity contribution in [2.24, 2.45) is 9.98 Å². The van der Waals surface area contributed by atoms with E-state index >= 15 is 0 Å². The molecule has 0 N–H and O–H groups in total. The lowest BCUT2D eigenvalue weighted by atomic mass is 9.92. The van der Waals surface area contributed by atoms with Gasteiger partial charge >= 0.3 is 0 Å². The number of aliphatic imine (C=N–C) groups is 2. The van der Waals surface area contributed by atoms with Crippen molar-refractivity contribution in [3.8, 4) is 87.9 Å². The van der Waals surface area contributed by atoms with Gasteiger partial charge in [-0.1, -0.05) is 13.8 Å². The van der Waals surface area contributed by atoms with Crippen LogP contribution in [0.2, 0.25) is 0 Å². The Bertz CT molecular complexity index is 2350. The first kappa shape index (κ1) is 36.7. The molecule has 0 unspecified atom stereocenters. The van der Waals surface area contributed by atoms with Crippen LogP contribution in [0.1, 0.15) is 65.8 Å². The lowest BCUT2D eigenvalue weighted by Gasteiger charge is -2.35. The quantitative estimate of drug-likeness (QED) is 0.123. The number of hydrogen-bond acceptors (Lipinski definition) is 16. The Morgan fingerprint density at radius 3 is 1.37 bits per heavy atom. The predicted octanol–water partition coefficient (Wildman–Crippen LogP) is 10.5. The van der Waals surface area contributed by atoms with Gasteiger partial charge in [0.2, 0.25) is 11.4 Å². The van der Waals surface area contributed by atoms with Gasteiger partial charge < -0.3 is 18.9 Å². The van der Waals surface area contributed by atoms with E-state index in [2.05, 4.69) is 9.98 Å². The summed E-state index contributed by atoms with van der Waals surface area (Å²) < 4.78 is 25.6. The summed E-state index contributed by atoms with van der Waals surface area (Å²) in [5.74, 6) is 2.54. The summed E-state index contributed by atoms with van der Waals surface area (Å²) in [5, 5.41) is 39.6. The van der Waals surface area contributed by atoms with Crippen molar-refractivity contribution in [1.29, 1.82) is 21.0 Å². The predicted molar refractivity (Wildman–Crippen MR) is 211 cm³/mol. The first-order chi connectivity index (χ1) is 25.9. The van der Waals surface area contributed by atoms with Gasteiger partial charge in [0.05, 0.1) is 23.0 Å². The zero-order chi connectivity index (χ0) is 38.4. The van der Waals surface area contributed by atoms with E-state index in [4.69, 9.17) is 28.9 Å². The summed E-state index contributed by atoms with van der Waals surface area (Å²) in [4.78, 5) is 22.0. The number of hydrogen-bond donors (Lipinski definition) is 0. The second-order valence-electron chi connectivity index (χ2n) is 13.1. The number of nitrogens with zero attached hydrogens (tertiary/aromatic N) is 8. The fourth-order valence-corrected chi connectivity index (χ4v) is 10.5. The third-order valence-corrected chi connectivity index (χ3v) is 12.8. The van der Waals surface area contributed by atoms with Gasteiger partial charge in [-0.15, -0.1) is 45.3 Å². The van der Waals surface area contributed by atoms with Crippen LogP contribution in [0, 0.1) is 45.3 Å². The SMILES string of the molecule is CCCOc1cc(N=C(C#N)C#N)sc1-c1nc2c(s1)-c1cc3c(cc1OC2(C)C)-c1sc(-c2sc(N=C(C#N)C#N)cc2OCCC)nc1C(C)(C)O3. The maximum absolute atomic E-state index is 9.30. The second kappa shape index (κ2) is 14.3. The molecule has 0 spiro atoms. The number of thiophene rings is 2. The fourth-order valence-electron chi connectivity index (χ4n) is 5.89. The molecule has 0 radical (unpaired) electrons. The Balaban J connectivity index is 1.33. The molecule has 0 amide bonds. The Morgan fingerprint density at radius 2 is 1.02 bits per heavy atom. The number of aromatic nitrogens is 2. The maximum Gasteiger partial charge on any atom is 0.219 e. The minimum atomic E-state index is -0.787. The summed E-state index contributed by atoms with van der Waals surface area (Å²) in [6.45, 7) is 12.9. The molecule has 0 atom stereocenters. The lowest BCUT2D eigenvalue weighted by Crippen LogP contribution is -2.31. The monoisotopic (exact) mass is 790 g/mol. The van der Waals surface area contributed by atoms with E-state index in [0.717, 1.165) is 54.9 Å². The molecule has 6 heterocycles. The highest BCUT2D eigenvalue weighted by Gasteiger charge is 2.42. The maximum atomic E-state index is 9.30. The van der Waals surface area contributed by atoms with Crippen LogP contribution in [-0.4, -0.2) is 34.6 Å². The minimum absolute atomic E-state index is 0.236. The second-order valence-corrected chi connectivity index (χ2v) is 17.1. The smallest absolute Gasteiger partial charge is 0.219 e. The van der Waals surface area contributed by atoms with Gasteiger partial charge in [0.15, 0.2) is 0 Å². The number of rotatable bonds is 10. The first-order valence-corrected chi connectivity index (χ1v) is 20.1. The Morgan fingerprint density at radius 1 is 0.630 bits per heavy atom. The molecule has 0 saturated carbocycles. The van der Waals surface area contributed by atoms with Crippen LogP contribution in [0.3, 0.4) is 0 Å². The minimum Gasteiger partial charge on any atom is -0.492 e. The average Bonchev–Trinajstić information content (AvgIpc) is 3.95. The van der Waals surface area contributed by atoms with Crippen molar-refractivity contribution in [2.75, 3.05) is 13.2 Å². The molecule has 5 aromatic rings. The van der Waals surface area contributed by atoms with E-state index in [9.17, 15) is 21.0 Å². The number of fused-ring (bicyclic) bond motifs is 6. The summed E-state index contributed by atoms with van der Waals surface area (Å²) in [7, 11) is 0. The third kappa shape index (κ3) is 6.59. The number of thiazole rings is 2. The third-order valence-electron chi connectivity index (χ3n) is 8.25. The molecule has 0 fully saturated rings. The zero-order valence-electron chi connectivity index (χ0n) is 30.0. The Kier molecular flexibility index (Phi) is 9.74. The highest BCUT2D eigenvalue weighted by atomic mass is 32.1. The Hall–Kier alpha value is -5.62. The molecule has 16 heteroatoms. The number of benzene rings is 1. The van der Waals surface area contributed by atoms with Crippen molar-refractivity contribution in [3.63, 3.8) is 0 Å². The molecule has 0 saturated heterocycles. The largest absolute Gasteiger partial charge is 0.492 e. The van der Waals surface area contributed by atoms with Crippen LogP contribution in [0.5, 0.6) is 23.0 Å². The van der Waals surface area contributed by atoms with Gasteiger partial charge in [0, 0.05) is 23.3 Å². The van der Waals surface area contributed by atoms with Gasteiger partial charge in [-0.05, 0) is 52.7 Å². The van der Waals surface area contributed by atoms with Crippen molar-refractivity contribution in [2.45, 2.75) is 65.6 Å². The van der Waals surface area contributed by atoms with Crippen LogP contribution in [0.15, 0.2) is 34.3 Å². The molecule has 4 aromatic heterocycles. The van der Waals surface area contributed by atoms with Crippen molar-refractivity contribution in [3.05, 3.63) is 35.7 Å². The molecule has 2 aliphatic rings. The molecular weight excluding hydrogens is 761 g/mol. The highest BCUT2D eigenvalue weighted by molar-refractivity contribution is 7.26. The summed E-state index contributed by atoms with van der Waals surface area (Å²) in [6, 6.07) is 14.8. The molecule has 7 rings (SSSR count). The van der Waals surface area contributed by atoms with Gasteiger partial charge in [-0.2, -0.15) is 21.0 Å². The summed E-state index contributed by atoms with van der Waals surface area (Å²) in [5.41, 5.74) is 1.19. The molecule has 270 valence electrons. The average molecular weight is 791 g/mol. The van der Waals surface area contributed by atoms with Gasteiger partial charge in [-0.3, -0.25) is 0 Å². The molecular formula is C38H30N8O4S4. The molecule has 0 aliphatic carbocycles. The summed E-state index contributed by atoms with van der Waals surface area (Å²) in [6.07, 6.45) is 1.59. The standard InChI is InChI=1S/C38H30N8O4S4/c1-7-9-47-25-13-27(43-19(15-39)16-40)51-31(25)35-45-33-29(53-35)21-11-24-22(12-23(21)49-37(33,3)4)30-34(38(5,6)50-24)46-36(54-30)32-26(48-10-8-2)14-28(52-32)44-20(17-41)18-42/h11-14H,7-10H2,1-6H3. The van der Waals surface area contributed by atoms with E-state index < -0.39 is 11.2 Å². The van der Waals surface area contributed by atoms with E-state index in [1.54, 1.807) is 12.1 Å². The molecule has 2 aliphatic heterocycles. The highest BCUT2D eigenvalue weighted by Crippen LogP contribution is 2.58. The van der Waals surface area contributed by atoms with Crippen molar-refractivity contribution in [1.82, 2.24) is 9.97 Å². The number of nitriles is 4. The molecule has 54 heavy (non-hydrogen) atoms. The van der Waals surface area contributed by atoms with Crippen LogP contribution in [-0.2, 0) is 11.2 Å². The van der Waals surface area contributed by atoms with Crippen LogP contribution in [0.25, 0.3) is 40.7 Å². The van der Waals surface area contributed by atoms with E-state index in [-0.39, 0.29) is 11.4 Å². The molecule has 0 bridgehead atoms. The number of ether oxygens (including phenoxy) is 4. The molecule has 1 aromatic carbocycles. The van der Waals surface area contributed by atoms with Gasteiger partial charge in [-0.25, -0.2) is 20.0 Å². The van der Waals surface area contributed by atoms with E-state index in [1.165, 1.54) is 45.3 Å². The van der Waals surface area contributed by atoms with Gasteiger partial charge in [0.1, 0.15) is 99.6 Å². The topological polar surface area (TPSA) is 183 Å². The van der Waals surface area contributed by atoms with Crippen LogP contribution in [0.4, 0.5) is 10.0 Å². The van der Waals surface area contributed by atoms with Crippen molar-refractivity contribution < 1.29 is 18.9 Å².